The minimum absolute atomic E-state index is 0.193. The molecule has 0 N–H and O–H groups in total. The van der Waals surface area contributed by atoms with Crippen LogP contribution in [0.3, 0.4) is 0 Å². The summed E-state index contributed by atoms with van der Waals surface area (Å²) in [5, 5.41) is 0. The van der Waals surface area contributed by atoms with Crippen LogP contribution in [0.4, 0.5) is 4.39 Å². The molecule has 0 spiro atoms. The van der Waals surface area contributed by atoms with E-state index in [0.29, 0.717) is 0 Å². The molecular formula is C21H29FO11P+. The Balaban J connectivity index is 3.22. The van der Waals surface area contributed by atoms with Crippen LogP contribution in [0.5, 0.6) is 5.75 Å². The van der Waals surface area contributed by atoms with E-state index in [0.717, 1.165) is 20.8 Å². The van der Waals surface area contributed by atoms with Gasteiger partial charge in [0.05, 0.1) is 6.61 Å². The third-order valence-electron chi connectivity index (χ3n) is 3.97. The van der Waals surface area contributed by atoms with Crippen LogP contribution in [0.2, 0.25) is 0 Å². The first-order valence-electron chi connectivity index (χ1n) is 10.2. The van der Waals surface area contributed by atoms with Crippen molar-refractivity contribution in [2.75, 3.05) is 20.3 Å². The normalized spacial score (nSPS) is 15.8. The van der Waals surface area contributed by atoms with E-state index < -0.39 is 70.2 Å². The number of halogens is 1. The monoisotopic (exact) mass is 507 g/mol. The lowest BCUT2D eigenvalue weighted by atomic mass is 10.1. The van der Waals surface area contributed by atoms with E-state index in [9.17, 15) is 23.3 Å². The SMILES string of the molecule is COC[C@H](F)C(OC(O[P+](=O)Oc1ccccc1)[C@@H](COC(C)=O)OC(C)=O)[C@H](C)OC(C)=O. The van der Waals surface area contributed by atoms with Crippen molar-refractivity contribution in [3.05, 3.63) is 30.3 Å². The zero-order chi connectivity index (χ0) is 25.7. The Morgan fingerprint density at radius 3 is 2.12 bits per heavy atom. The third kappa shape index (κ3) is 11.5. The van der Waals surface area contributed by atoms with Gasteiger partial charge in [-0.15, -0.1) is 0 Å². The van der Waals surface area contributed by atoms with Crippen LogP contribution in [-0.2, 0) is 47.2 Å². The molecule has 0 aliphatic rings. The highest BCUT2D eigenvalue weighted by Gasteiger charge is 2.43. The molecule has 0 saturated carbocycles. The van der Waals surface area contributed by atoms with E-state index in [2.05, 4.69) is 0 Å². The van der Waals surface area contributed by atoms with Crippen LogP contribution in [0.1, 0.15) is 27.7 Å². The van der Waals surface area contributed by atoms with Crippen LogP contribution >= 0.6 is 8.25 Å². The molecule has 11 nitrogen and oxygen atoms in total. The largest absolute Gasteiger partial charge is 0.753 e. The second kappa shape index (κ2) is 15.3. The van der Waals surface area contributed by atoms with Gasteiger partial charge >= 0.3 is 26.2 Å². The zero-order valence-electron chi connectivity index (χ0n) is 19.5. The Kier molecular flexibility index (Phi) is 13.2. The van der Waals surface area contributed by atoms with Gasteiger partial charge in [-0.2, -0.15) is 0 Å². The molecule has 34 heavy (non-hydrogen) atoms. The molecule has 0 bridgehead atoms. The Labute approximate surface area is 197 Å². The first kappa shape index (κ1) is 29.4. The summed E-state index contributed by atoms with van der Waals surface area (Å²) in [5.41, 5.74) is 0. The second-order valence-electron chi connectivity index (χ2n) is 6.94. The second-order valence-corrected chi connectivity index (χ2v) is 7.78. The van der Waals surface area contributed by atoms with Gasteiger partial charge < -0.3 is 23.7 Å². The minimum atomic E-state index is -2.94. The molecule has 190 valence electrons. The number of esters is 3. The average molecular weight is 507 g/mol. The first-order valence-corrected chi connectivity index (χ1v) is 11.3. The highest BCUT2D eigenvalue weighted by Crippen LogP contribution is 2.32. The predicted octanol–water partition coefficient (Wildman–Crippen LogP) is 2.88. The van der Waals surface area contributed by atoms with Crippen molar-refractivity contribution in [1.82, 2.24) is 0 Å². The van der Waals surface area contributed by atoms with Gasteiger partial charge in [-0.25, -0.2) is 8.91 Å². The topological polar surface area (TPSA) is 133 Å². The number of rotatable bonds is 15. The summed E-state index contributed by atoms with van der Waals surface area (Å²) in [6, 6.07) is 7.99. The molecule has 3 unspecified atom stereocenters. The van der Waals surface area contributed by atoms with Crippen LogP contribution < -0.4 is 4.52 Å². The van der Waals surface area contributed by atoms with Crippen LogP contribution in [-0.4, -0.2) is 69.0 Å². The molecule has 0 aromatic heterocycles. The van der Waals surface area contributed by atoms with Crippen molar-refractivity contribution in [3.8, 4) is 5.75 Å². The number of hydrogen-bond donors (Lipinski definition) is 0. The summed E-state index contributed by atoms with van der Waals surface area (Å²) in [6.45, 7) is 3.65. The summed E-state index contributed by atoms with van der Waals surface area (Å²) in [5.74, 6) is -2.04. The fourth-order valence-electron chi connectivity index (χ4n) is 2.66. The Morgan fingerprint density at radius 2 is 1.59 bits per heavy atom. The summed E-state index contributed by atoms with van der Waals surface area (Å²) >= 11 is 0. The number of carbonyl (C=O) groups excluding carboxylic acids is 3. The van der Waals surface area contributed by atoms with Crippen LogP contribution in [0.25, 0.3) is 0 Å². The molecule has 6 atom stereocenters. The van der Waals surface area contributed by atoms with Crippen molar-refractivity contribution in [2.45, 2.75) is 58.5 Å². The smallest absolute Gasteiger partial charge is 0.462 e. The number of para-hydroxylation sites is 1. The van der Waals surface area contributed by atoms with Crippen molar-refractivity contribution >= 4 is 26.2 Å². The third-order valence-corrected chi connectivity index (χ3v) is 4.71. The number of carbonyl (C=O) groups is 3. The maximum atomic E-state index is 14.9. The number of hydrogen-bond acceptors (Lipinski definition) is 11. The summed E-state index contributed by atoms with van der Waals surface area (Å²) in [4.78, 5) is 34.4. The van der Waals surface area contributed by atoms with Gasteiger partial charge in [0.2, 0.25) is 0 Å². The molecular weight excluding hydrogens is 478 g/mol. The van der Waals surface area contributed by atoms with Gasteiger partial charge in [-0.3, -0.25) is 14.4 Å². The van der Waals surface area contributed by atoms with Gasteiger partial charge in [0, 0.05) is 32.4 Å². The molecule has 1 aromatic carbocycles. The predicted molar refractivity (Wildman–Crippen MR) is 115 cm³/mol. The highest BCUT2D eigenvalue weighted by atomic mass is 31.1. The van der Waals surface area contributed by atoms with Crippen molar-refractivity contribution in [2.24, 2.45) is 0 Å². The maximum Gasteiger partial charge on any atom is 0.753 e. The molecule has 0 amide bonds. The summed E-state index contributed by atoms with van der Waals surface area (Å²) < 4.78 is 63.4. The molecule has 0 aliphatic heterocycles. The van der Waals surface area contributed by atoms with Crippen molar-refractivity contribution in [3.63, 3.8) is 0 Å². The Morgan fingerprint density at radius 1 is 0.971 bits per heavy atom. The van der Waals surface area contributed by atoms with E-state index >= 15 is 0 Å². The lowest BCUT2D eigenvalue weighted by Crippen LogP contribution is -2.47. The lowest BCUT2D eigenvalue weighted by molar-refractivity contribution is -0.229. The van der Waals surface area contributed by atoms with Gasteiger partial charge in [-0.1, -0.05) is 22.7 Å². The lowest BCUT2D eigenvalue weighted by Gasteiger charge is -2.31. The minimum Gasteiger partial charge on any atom is -0.462 e. The highest BCUT2D eigenvalue weighted by molar-refractivity contribution is 7.33. The Hall–Kier alpha value is -2.66. The summed E-state index contributed by atoms with van der Waals surface area (Å²) in [7, 11) is -1.69. The number of alkyl halides is 1. The summed E-state index contributed by atoms with van der Waals surface area (Å²) in [6.07, 6.45) is -7.74. The first-order chi connectivity index (χ1) is 16.0. The molecule has 0 saturated heterocycles. The molecule has 0 heterocycles. The fraction of sp³-hybridized carbons (Fsp3) is 0.571. The molecule has 0 fully saturated rings. The van der Waals surface area contributed by atoms with E-state index in [4.69, 9.17) is 32.7 Å². The Bertz CT molecular complexity index is 807. The van der Waals surface area contributed by atoms with E-state index in [1.54, 1.807) is 18.2 Å². The molecule has 1 rings (SSSR count). The zero-order valence-corrected chi connectivity index (χ0v) is 20.4. The van der Waals surface area contributed by atoms with Gasteiger partial charge in [0.1, 0.15) is 18.8 Å². The average Bonchev–Trinajstić information content (AvgIpc) is 2.73. The van der Waals surface area contributed by atoms with Crippen LogP contribution in [0.15, 0.2) is 30.3 Å². The number of benzene rings is 1. The quantitative estimate of drug-likeness (QED) is 0.150. The van der Waals surface area contributed by atoms with Gasteiger partial charge in [0.15, 0.2) is 18.0 Å². The van der Waals surface area contributed by atoms with Crippen molar-refractivity contribution in [1.29, 1.82) is 0 Å². The maximum absolute atomic E-state index is 14.9. The van der Waals surface area contributed by atoms with E-state index in [-0.39, 0.29) is 5.75 Å². The number of methoxy groups -OCH3 is 1. The molecule has 0 aliphatic carbocycles. The van der Waals surface area contributed by atoms with Gasteiger partial charge in [0.25, 0.3) is 6.29 Å². The molecule has 1 aromatic rings. The van der Waals surface area contributed by atoms with Crippen LogP contribution in [0, 0.1) is 0 Å². The van der Waals surface area contributed by atoms with Gasteiger partial charge in [-0.05, 0) is 19.1 Å². The standard InChI is InChI=1S/C21H29FO11P/c1-13(29-15(3)24)20(18(22)11-27-5)31-21(19(30-16(4)25)12-28-14(2)23)33-34(26)32-17-9-7-6-8-10-17/h6-10,13,18-21H,11-12H2,1-5H3/q+1/t13-,18-,19+,20?,21?/m0/s1. The molecule has 0 radical (unpaired) electrons. The molecule has 13 heteroatoms. The van der Waals surface area contributed by atoms with E-state index in [1.807, 2.05) is 0 Å². The van der Waals surface area contributed by atoms with Crippen molar-refractivity contribution < 1.29 is 56.1 Å². The fourth-order valence-corrected chi connectivity index (χ4v) is 3.35. The number of ether oxygens (including phenoxy) is 5. The van der Waals surface area contributed by atoms with E-state index in [1.165, 1.54) is 26.2 Å².